The van der Waals surface area contributed by atoms with Gasteiger partial charge in [0.1, 0.15) is 6.10 Å². The zero-order chi connectivity index (χ0) is 11.5. The van der Waals surface area contributed by atoms with Crippen molar-refractivity contribution < 1.29 is 14.2 Å². The minimum atomic E-state index is -0.480. The molecule has 1 fully saturated rings. The molecule has 2 nitrogen and oxygen atoms in total. The maximum Gasteiger partial charge on any atom is 0.165 e. The van der Waals surface area contributed by atoms with E-state index in [1.54, 1.807) is 12.1 Å². The van der Waals surface area contributed by atoms with Gasteiger partial charge in [0, 0.05) is 4.47 Å². The van der Waals surface area contributed by atoms with Crippen LogP contribution in [-0.2, 0) is 0 Å². The summed E-state index contributed by atoms with van der Waals surface area (Å²) >= 11 is 3.27. The lowest BCUT2D eigenvalue weighted by molar-refractivity contribution is 0.00496. The van der Waals surface area contributed by atoms with Gasteiger partial charge in [-0.1, -0.05) is 22.4 Å². The molecule has 2 atom stereocenters. The lowest BCUT2D eigenvalue weighted by Gasteiger charge is -2.28. The summed E-state index contributed by atoms with van der Waals surface area (Å²) in [5.41, 5.74) is 0. The molecule has 1 N–H and O–H groups in total. The average Bonchev–Trinajstić information content (AvgIpc) is 2.27. The Morgan fingerprint density at radius 3 is 2.81 bits per heavy atom. The number of rotatable bonds is 2. The number of ether oxygens (including phenoxy) is 1. The fourth-order valence-corrected chi connectivity index (χ4v) is 2.29. The molecule has 88 valence electrons. The summed E-state index contributed by atoms with van der Waals surface area (Å²) < 4.78 is 19.7. The van der Waals surface area contributed by atoms with Crippen molar-refractivity contribution >= 4 is 15.9 Å². The van der Waals surface area contributed by atoms with Gasteiger partial charge < -0.3 is 9.84 Å². The minimum absolute atomic E-state index is 0.209. The van der Waals surface area contributed by atoms with Crippen molar-refractivity contribution in [2.45, 2.75) is 37.9 Å². The van der Waals surface area contributed by atoms with Gasteiger partial charge >= 0.3 is 0 Å². The summed E-state index contributed by atoms with van der Waals surface area (Å²) in [6.07, 6.45) is 2.80. The predicted molar refractivity (Wildman–Crippen MR) is 63.0 cm³/mol. The van der Waals surface area contributed by atoms with Crippen molar-refractivity contribution in [1.82, 2.24) is 0 Å². The first-order chi connectivity index (χ1) is 7.66. The van der Waals surface area contributed by atoms with Crippen LogP contribution in [0.1, 0.15) is 25.7 Å². The van der Waals surface area contributed by atoms with Crippen molar-refractivity contribution in [2.24, 2.45) is 0 Å². The molecule has 0 spiro atoms. The molecular formula is C12H14BrFO2. The molecule has 0 radical (unpaired) electrons. The van der Waals surface area contributed by atoms with Crippen LogP contribution in [-0.4, -0.2) is 17.3 Å². The van der Waals surface area contributed by atoms with Crippen LogP contribution in [0.4, 0.5) is 4.39 Å². The molecule has 0 bridgehead atoms. The van der Waals surface area contributed by atoms with Gasteiger partial charge in [0.15, 0.2) is 11.6 Å². The number of hydrogen-bond donors (Lipinski definition) is 1. The number of halogens is 2. The molecule has 1 aromatic rings. The second kappa shape index (κ2) is 5.15. The van der Waals surface area contributed by atoms with Gasteiger partial charge in [0.05, 0.1) is 6.10 Å². The molecular weight excluding hydrogens is 275 g/mol. The molecule has 0 saturated heterocycles. The second-order valence-corrected chi connectivity index (χ2v) is 5.00. The van der Waals surface area contributed by atoms with Crippen molar-refractivity contribution in [1.29, 1.82) is 0 Å². The summed E-state index contributed by atoms with van der Waals surface area (Å²) in [5.74, 6) is -0.179. The normalized spacial score (nSPS) is 25.4. The lowest BCUT2D eigenvalue weighted by Crippen LogP contribution is -2.34. The third-order valence-electron chi connectivity index (χ3n) is 2.84. The molecule has 0 amide bonds. The van der Waals surface area contributed by atoms with E-state index in [2.05, 4.69) is 15.9 Å². The smallest absolute Gasteiger partial charge is 0.165 e. The maximum absolute atomic E-state index is 13.4. The zero-order valence-corrected chi connectivity index (χ0v) is 10.4. The van der Waals surface area contributed by atoms with Crippen LogP contribution in [0.3, 0.4) is 0 Å². The van der Waals surface area contributed by atoms with Crippen molar-refractivity contribution in [3.05, 3.63) is 28.5 Å². The van der Waals surface area contributed by atoms with Crippen molar-refractivity contribution in [2.75, 3.05) is 0 Å². The third-order valence-corrected chi connectivity index (χ3v) is 3.33. The van der Waals surface area contributed by atoms with Crippen LogP contribution in [0.15, 0.2) is 22.7 Å². The summed E-state index contributed by atoms with van der Waals surface area (Å²) in [5, 5.41) is 9.73. The molecule has 1 aliphatic rings. The lowest BCUT2D eigenvalue weighted by atomic mass is 9.95. The van der Waals surface area contributed by atoms with Crippen LogP contribution < -0.4 is 4.74 Å². The van der Waals surface area contributed by atoms with Crippen LogP contribution in [0.25, 0.3) is 0 Å². The Kier molecular flexibility index (Phi) is 3.82. The molecule has 4 heteroatoms. The molecule has 0 aromatic heterocycles. The van der Waals surface area contributed by atoms with Crippen molar-refractivity contribution in [3.8, 4) is 5.75 Å². The van der Waals surface area contributed by atoms with Gasteiger partial charge in [-0.3, -0.25) is 0 Å². The molecule has 1 aromatic carbocycles. The van der Waals surface area contributed by atoms with E-state index in [0.29, 0.717) is 0 Å². The molecule has 1 saturated carbocycles. The van der Waals surface area contributed by atoms with Crippen LogP contribution >= 0.6 is 15.9 Å². The highest BCUT2D eigenvalue weighted by molar-refractivity contribution is 9.10. The molecule has 0 heterocycles. The average molecular weight is 289 g/mol. The van der Waals surface area contributed by atoms with E-state index in [1.165, 1.54) is 6.07 Å². The summed E-state index contributed by atoms with van der Waals surface area (Å²) in [6.45, 7) is 0. The molecule has 0 unspecified atom stereocenters. The predicted octanol–water partition coefficient (Wildman–Crippen LogP) is 3.27. The summed E-state index contributed by atoms with van der Waals surface area (Å²) in [7, 11) is 0. The van der Waals surface area contributed by atoms with E-state index in [9.17, 15) is 9.50 Å². The monoisotopic (exact) mass is 288 g/mol. The van der Waals surface area contributed by atoms with Gasteiger partial charge in [-0.15, -0.1) is 0 Å². The molecule has 16 heavy (non-hydrogen) atoms. The summed E-state index contributed by atoms with van der Waals surface area (Å²) in [6, 6.07) is 4.57. The van der Waals surface area contributed by atoms with Crippen LogP contribution in [0.2, 0.25) is 0 Å². The first-order valence-corrected chi connectivity index (χ1v) is 6.26. The van der Waals surface area contributed by atoms with E-state index >= 15 is 0 Å². The Hall–Kier alpha value is -0.610. The number of aliphatic hydroxyl groups is 1. The van der Waals surface area contributed by atoms with E-state index < -0.39 is 6.10 Å². The van der Waals surface area contributed by atoms with Gasteiger partial charge in [-0.2, -0.15) is 0 Å². The van der Waals surface area contributed by atoms with Gasteiger partial charge in [0.2, 0.25) is 0 Å². The Bertz CT molecular complexity index is 370. The molecule has 2 rings (SSSR count). The minimum Gasteiger partial charge on any atom is -0.485 e. The highest BCUT2D eigenvalue weighted by atomic mass is 79.9. The maximum atomic E-state index is 13.4. The van der Waals surface area contributed by atoms with E-state index in [0.717, 1.165) is 30.2 Å². The standard InChI is InChI=1S/C12H14BrFO2/c13-8-5-6-9(14)12(7-8)16-11-4-2-1-3-10(11)15/h5-7,10-11,15H,1-4H2/t10-,11-/m0/s1. The highest BCUT2D eigenvalue weighted by Crippen LogP contribution is 2.27. The van der Waals surface area contributed by atoms with Gasteiger partial charge in [-0.25, -0.2) is 4.39 Å². The second-order valence-electron chi connectivity index (χ2n) is 4.08. The Morgan fingerprint density at radius 1 is 1.31 bits per heavy atom. The highest BCUT2D eigenvalue weighted by Gasteiger charge is 2.25. The SMILES string of the molecule is O[C@H]1CCCC[C@@H]1Oc1cc(Br)ccc1F. The van der Waals surface area contributed by atoms with E-state index in [4.69, 9.17) is 4.74 Å². The van der Waals surface area contributed by atoms with Crippen LogP contribution in [0, 0.1) is 5.82 Å². The zero-order valence-electron chi connectivity index (χ0n) is 8.83. The fourth-order valence-electron chi connectivity index (χ4n) is 1.95. The Morgan fingerprint density at radius 2 is 2.06 bits per heavy atom. The van der Waals surface area contributed by atoms with E-state index in [-0.39, 0.29) is 17.7 Å². The van der Waals surface area contributed by atoms with Crippen LogP contribution in [0.5, 0.6) is 5.75 Å². The quantitative estimate of drug-likeness (QED) is 0.905. The Balaban J connectivity index is 2.10. The molecule has 1 aliphatic carbocycles. The Labute approximate surface area is 103 Å². The topological polar surface area (TPSA) is 29.5 Å². The van der Waals surface area contributed by atoms with Crippen molar-refractivity contribution in [3.63, 3.8) is 0 Å². The first-order valence-electron chi connectivity index (χ1n) is 5.46. The first kappa shape index (κ1) is 11.9. The largest absolute Gasteiger partial charge is 0.485 e. The summed E-state index contributed by atoms with van der Waals surface area (Å²) in [4.78, 5) is 0. The number of benzene rings is 1. The fraction of sp³-hybridized carbons (Fsp3) is 0.500. The van der Waals surface area contributed by atoms with Gasteiger partial charge in [0.25, 0.3) is 0 Å². The van der Waals surface area contributed by atoms with E-state index in [1.807, 2.05) is 0 Å². The van der Waals surface area contributed by atoms with Gasteiger partial charge in [-0.05, 0) is 37.5 Å². The molecule has 0 aliphatic heterocycles. The number of aliphatic hydroxyl groups excluding tert-OH is 1. The third kappa shape index (κ3) is 2.74. The number of hydrogen-bond acceptors (Lipinski definition) is 2.